The smallest absolute Gasteiger partial charge is 0.746 e. The van der Waals surface area contributed by atoms with Crippen LogP contribution in [0, 0.1) is 11.6 Å². The molecule has 2 aromatic carbocycles. The second-order valence-electron chi connectivity index (χ2n) is 5.33. The van der Waals surface area contributed by atoms with Crippen molar-refractivity contribution in [1.29, 1.82) is 0 Å². The summed E-state index contributed by atoms with van der Waals surface area (Å²) in [4.78, 5) is 0. The number of aliphatic hydroxyl groups is 1. The van der Waals surface area contributed by atoms with Gasteiger partial charge < -0.3 is 9.66 Å². The van der Waals surface area contributed by atoms with Crippen LogP contribution in [-0.2, 0) is 22.5 Å². The minimum Gasteiger partial charge on any atom is -0.746 e. The maximum absolute atomic E-state index is 13.3. The van der Waals surface area contributed by atoms with Crippen LogP contribution in [0.15, 0.2) is 30.3 Å². The molecule has 0 fully saturated rings. The third-order valence-electron chi connectivity index (χ3n) is 3.17. The van der Waals surface area contributed by atoms with Gasteiger partial charge in [0.05, 0.1) is 21.2 Å². The van der Waals surface area contributed by atoms with Crippen LogP contribution in [0.1, 0.15) is 22.1 Å². The van der Waals surface area contributed by atoms with Crippen molar-refractivity contribution >= 4 is 33.3 Å². The Hall–Kier alpha value is -0.670. The van der Waals surface area contributed by atoms with Gasteiger partial charge in [-0.2, -0.15) is 26.3 Å². The molecule has 1 unspecified atom stereocenters. The monoisotopic (exact) mass is 528 g/mol. The summed E-state index contributed by atoms with van der Waals surface area (Å²) < 4.78 is 130. The Bertz CT molecular complexity index is 1030. The molecule has 0 heterocycles. The van der Waals surface area contributed by atoms with Gasteiger partial charge in [0.15, 0.2) is 5.44 Å². The van der Waals surface area contributed by atoms with Gasteiger partial charge in [-0.1, -0.05) is 23.2 Å². The predicted molar refractivity (Wildman–Crippen MR) is 87.5 cm³/mol. The number of hydrogen-bond donors (Lipinski definition) is 1. The maximum Gasteiger partial charge on any atom is 1.00 e. The molecule has 0 saturated carbocycles. The summed E-state index contributed by atoms with van der Waals surface area (Å²) in [5.41, 5.74) is -6.73. The number of rotatable bonds is 2. The van der Waals surface area contributed by atoms with E-state index in [0.717, 1.165) is 0 Å². The Morgan fingerprint density at radius 1 is 0.871 bits per heavy atom. The van der Waals surface area contributed by atoms with Gasteiger partial charge in [-0.15, -0.1) is 0 Å². The molecule has 2 rings (SSSR count). The van der Waals surface area contributed by atoms with Crippen LogP contribution in [-0.4, -0.2) is 18.1 Å². The van der Waals surface area contributed by atoms with Gasteiger partial charge >= 0.3 is 41.9 Å². The van der Waals surface area contributed by atoms with Crippen LogP contribution in [0.3, 0.4) is 0 Å². The van der Waals surface area contributed by atoms with Crippen molar-refractivity contribution < 1.29 is 82.8 Å². The number of benzene rings is 2. The van der Waals surface area contributed by atoms with Crippen LogP contribution in [0.25, 0.3) is 0 Å². The summed E-state index contributed by atoms with van der Waals surface area (Å²) in [5.74, 6) is -2.46. The molecule has 168 valence electrons. The average molecular weight is 529 g/mol. The van der Waals surface area contributed by atoms with Crippen molar-refractivity contribution in [2.75, 3.05) is 0 Å². The summed E-state index contributed by atoms with van der Waals surface area (Å²) in [6.45, 7) is 0. The molecule has 1 N–H and O–H groups in total. The van der Waals surface area contributed by atoms with E-state index in [-0.39, 0.29) is 41.7 Å². The number of halogens is 10. The maximum atomic E-state index is 13.3. The molecule has 16 heteroatoms. The topological polar surface area (TPSA) is 77.4 Å². The van der Waals surface area contributed by atoms with E-state index in [1.807, 2.05) is 0 Å². The van der Waals surface area contributed by atoms with Crippen LogP contribution in [0.5, 0.6) is 0 Å². The van der Waals surface area contributed by atoms with Crippen molar-refractivity contribution in [3.05, 3.63) is 68.7 Å². The van der Waals surface area contributed by atoms with Crippen molar-refractivity contribution in [1.82, 2.24) is 0 Å². The van der Waals surface area contributed by atoms with E-state index < -0.39 is 66.3 Å². The normalized spacial score (nSPS) is 13.0. The van der Waals surface area contributed by atoms with E-state index >= 15 is 0 Å². The van der Waals surface area contributed by atoms with Gasteiger partial charge in [0.25, 0.3) is 0 Å². The zero-order chi connectivity index (χ0) is 23.7. The fraction of sp³-hybridized carbons (Fsp3) is 0.200. The molecular formula is C15H7Cl2F8NaO4S. The molecule has 1 atom stereocenters. The van der Waals surface area contributed by atoms with Gasteiger partial charge in [-0.05, 0) is 30.3 Å². The third-order valence-corrected chi connectivity index (χ3v) is 4.54. The molecule has 0 bridgehead atoms. The Labute approximate surface area is 201 Å². The van der Waals surface area contributed by atoms with Crippen LogP contribution in [0.4, 0.5) is 35.1 Å². The molecule has 0 amide bonds. The average Bonchev–Trinajstić information content (AvgIpc) is 2.57. The standard InChI is InChI=1S/C8H5ClF4O4S.C7H3ClF4.Na/c9-5-2-3(8(11,12)13)1-4(6(5)10)7(14)18(15,16)17;8-5-3-4(7(10,11)12)1-2-6(5)9;/h1-2,7,14H,(H,15,16,17);1-3H;/q;;+1/p-1. The predicted octanol–water partition coefficient (Wildman–Crippen LogP) is 2.54. The van der Waals surface area contributed by atoms with Gasteiger partial charge in [-0.3, -0.25) is 0 Å². The van der Waals surface area contributed by atoms with E-state index in [4.69, 9.17) is 28.3 Å². The van der Waals surface area contributed by atoms with Crippen molar-refractivity contribution in [3.63, 3.8) is 0 Å². The molecule has 0 aliphatic carbocycles. The summed E-state index contributed by atoms with van der Waals surface area (Å²) in [6.07, 6.45) is -9.41. The molecule has 2 aromatic rings. The minimum atomic E-state index is -5.42. The third kappa shape index (κ3) is 8.65. The van der Waals surface area contributed by atoms with Gasteiger partial charge in [0, 0.05) is 5.56 Å². The quantitative estimate of drug-likeness (QED) is 0.369. The molecular weight excluding hydrogens is 522 g/mol. The molecule has 4 nitrogen and oxygen atoms in total. The SMILES string of the molecule is Fc1ccc(C(F)(F)F)cc1Cl.O=S(=O)([O-])C(O)c1cc(C(F)(F)F)cc(Cl)c1F.[Na+]. The Morgan fingerprint density at radius 2 is 1.32 bits per heavy atom. The molecule has 0 radical (unpaired) electrons. The zero-order valence-electron chi connectivity index (χ0n) is 14.8. The van der Waals surface area contributed by atoms with E-state index in [1.54, 1.807) is 0 Å². The van der Waals surface area contributed by atoms with Crippen molar-refractivity contribution in [3.8, 4) is 0 Å². The minimum absolute atomic E-state index is 0. The largest absolute Gasteiger partial charge is 1.00 e. The molecule has 31 heavy (non-hydrogen) atoms. The first kappa shape index (κ1) is 30.3. The van der Waals surface area contributed by atoms with Gasteiger partial charge in [0.2, 0.25) is 0 Å². The fourth-order valence-corrected chi connectivity index (χ4v) is 2.67. The first-order chi connectivity index (χ1) is 13.4. The van der Waals surface area contributed by atoms with E-state index in [9.17, 15) is 48.1 Å². The number of alkyl halides is 6. The second-order valence-corrected chi connectivity index (χ2v) is 7.58. The van der Waals surface area contributed by atoms with E-state index in [1.165, 1.54) is 0 Å². The molecule has 0 saturated heterocycles. The van der Waals surface area contributed by atoms with Gasteiger partial charge in [0.1, 0.15) is 21.8 Å². The summed E-state index contributed by atoms with van der Waals surface area (Å²) >= 11 is 10.3. The fourth-order valence-electron chi connectivity index (χ4n) is 1.78. The van der Waals surface area contributed by atoms with Crippen molar-refractivity contribution in [2.24, 2.45) is 0 Å². The Kier molecular flexibility index (Phi) is 10.7. The Balaban J connectivity index is 0.000000605. The first-order valence-electron chi connectivity index (χ1n) is 7.07. The van der Waals surface area contributed by atoms with Crippen molar-refractivity contribution in [2.45, 2.75) is 17.8 Å². The summed E-state index contributed by atoms with van der Waals surface area (Å²) in [7, 11) is -5.42. The first-order valence-corrected chi connectivity index (χ1v) is 9.29. The van der Waals surface area contributed by atoms with Gasteiger partial charge in [-0.25, -0.2) is 17.2 Å². The number of hydrogen-bond acceptors (Lipinski definition) is 4. The molecule has 0 spiro atoms. The van der Waals surface area contributed by atoms with Crippen LogP contribution < -0.4 is 29.6 Å². The second kappa shape index (κ2) is 11.0. The summed E-state index contributed by atoms with van der Waals surface area (Å²) in [6, 6.07) is 2.11. The molecule has 0 aliphatic rings. The number of aliphatic hydroxyl groups excluding tert-OH is 1. The summed E-state index contributed by atoms with van der Waals surface area (Å²) in [5, 5.41) is 7.41. The Morgan fingerprint density at radius 3 is 1.71 bits per heavy atom. The van der Waals surface area contributed by atoms with E-state index in [0.29, 0.717) is 18.2 Å². The molecule has 0 aromatic heterocycles. The van der Waals surface area contributed by atoms with E-state index in [2.05, 4.69) is 0 Å². The van der Waals surface area contributed by atoms with Crippen LogP contribution >= 0.6 is 23.2 Å². The van der Waals surface area contributed by atoms with Crippen LogP contribution in [0.2, 0.25) is 10.0 Å². The zero-order valence-corrected chi connectivity index (χ0v) is 19.2. The molecule has 0 aliphatic heterocycles.